The maximum atomic E-state index is 9.48. The Hall–Kier alpha value is -4.87. The van der Waals surface area contributed by atoms with Gasteiger partial charge in [0.05, 0.1) is 46.5 Å². The van der Waals surface area contributed by atoms with Crippen LogP contribution in [0, 0.1) is 29.6 Å². The van der Waals surface area contributed by atoms with Gasteiger partial charge in [-0.05, 0) is 78.9 Å². The van der Waals surface area contributed by atoms with Gasteiger partial charge in [-0.2, -0.15) is 10.5 Å². The maximum Gasteiger partial charge on any atom is 0.140 e. The van der Waals surface area contributed by atoms with Crippen LogP contribution in [0.3, 0.4) is 0 Å². The molecule has 0 amide bonds. The molecule has 2 aromatic carbocycles. The van der Waals surface area contributed by atoms with Gasteiger partial charge in [-0.1, -0.05) is 43.3 Å². The molecule has 5 heteroatoms. The standard InChI is InChI=1S/C32H25N5/c1-21-9-7-13-29-32(21)22(2)26(11-5-6-18-33)36(29)30-14-8-15-31(35-30)37-27-12-4-3-10-24(27)25-19-23(20-34)16-17-28(25)37/h3-5,7-8,10-17,19,21H,6,9H2,1-2H3/b11-5-. The Morgan fingerprint density at radius 1 is 0.973 bits per heavy atom. The molecule has 0 aliphatic heterocycles. The van der Waals surface area contributed by atoms with Crippen molar-refractivity contribution in [1.82, 2.24) is 14.1 Å². The number of hydrogen-bond acceptors (Lipinski definition) is 3. The summed E-state index contributed by atoms with van der Waals surface area (Å²) in [5.41, 5.74) is 7.48. The van der Waals surface area contributed by atoms with Crippen LogP contribution in [-0.4, -0.2) is 14.1 Å². The Balaban J connectivity index is 1.61. The van der Waals surface area contributed by atoms with Gasteiger partial charge in [0, 0.05) is 10.8 Å². The fourth-order valence-electron chi connectivity index (χ4n) is 5.66. The van der Waals surface area contributed by atoms with Crippen molar-refractivity contribution in [3.8, 4) is 23.8 Å². The van der Waals surface area contributed by atoms with E-state index in [1.54, 1.807) is 0 Å². The van der Waals surface area contributed by atoms with Crippen LogP contribution in [0.5, 0.6) is 0 Å². The summed E-state index contributed by atoms with van der Waals surface area (Å²) in [6.45, 7) is 4.43. The predicted octanol–water partition coefficient (Wildman–Crippen LogP) is 7.60. The molecule has 1 aliphatic rings. The molecular weight excluding hydrogens is 454 g/mol. The minimum atomic E-state index is 0.361. The highest BCUT2D eigenvalue weighted by atomic mass is 15.1. The number of nitrogens with zero attached hydrogens (tertiary/aromatic N) is 5. The number of rotatable bonds is 4. The summed E-state index contributed by atoms with van der Waals surface area (Å²) in [5.74, 6) is 2.06. The van der Waals surface area contributed by atoms with E-state index >= 15 is 0 Å². The third-order valence-corrected chi connectivity index (χ3v) is 7.27. The summed E-state index contributed by atoms with van der Waals surface area (Å²) in [4.78, 5) is 5.19. The van der Waals surface area contributed by atoms with Crippen LogP contribution in [0.1, 0.15) is 53.8 Å². The van der Waals surface area contributed by atoms with Crippen molar-refractivity contribution < 1.29 is 0 Å². The van der Waals surface area contributed by atoms with Gasteiger partial charge >= 0.3 is 0 Å². The number of benzene rings is 2. The van der Waals surface area contributed by atoms with Gasteiger partial charge in [-0.25, -0.2) is 4.98 Å². The average Bonchev–Trinajstić information content (AvgIpc) is 3.41. The summed E-state index contributed by atoms with van der Waals surface area (Å²) < 4.78 is 4.39. The molecule has 1 unspecified atom stereocenters. The first-order chi connectivity index (χ1) is 18.1. The summed E-state index contributed by atoms with van der Waals surface area (Å²) in [6, 6.07) is 24.6. The van der Waals surface area contributed by atoms with Crippen LogP contribution < -0.4 is 0 Å². The maximum absolute atomic E-state index is 9.48. The lowest BCUT2D eigenvalue weighted by Crippen LogP contribution is -2.07. The number of hydrogen-bond donors (Lipinski definition) is 0. The molecule has 0 radical (unpaired) electrons. The SMILES string of the molecule is Cc1c2c(n(-c3cccc(-n4c5ccccc5c5cc(C#N)ccc54)n3)c1/C=C\CC#N)C=CCC2C. The van der Waals surface area contributed by atoms with Gasteiger partial charge < -0.3 is 0 Å². The average molecular weight is 480 g/mol. The van der Waals surface area contributed by atoms with Crippen molar-refractivity contribution in [2.24, 2.45) is 0 Å². The molecule has 0 fully saturated rings. The fourth-order valence-corrected chi connectivity index (χ4v) is 5.66. The Kier molecular flexibility index (Phi) is 5.48. The Bertz CT molecular complexity index is 1830. The van der Waals surface area contributed by atoms with E-state index in [1.807, 2.05) is 54.6 Å². The Morgan fingerprint density at radius 3 is 2.57 bits per heavy atom. The number of aromatic nitrogens is 3. The van der Waals surface area contributed by atoms with Crippen molar-refractivity contribution in [2.75, 3.05) is 0 Å². The van der Waals surface area contributed by atoms with E-state index in [0.29, 0.717) is 17.9 Å². The van der Waals surface area contributed by atoms with Gasteiger partial charge in [0.15, 0.2) is 0 Å². The van der Waals surface area contributed by atoms with E-state index < -0.39 is 0 Å². The van der Waals surface area contributed by atoms with Crippen LogP contribution >= 0.6 is 0 Å². The van der Waals surface area contributed by atoms with Crippen molar-refractivity contribution in [2.45, 2.75) is 32.6 Å². The van der Waals surface area contributed by atoms with Gasteiger partial charge in [0.1, 0.15) is 11.6 Å². The summed E-state index contributed by atoms with van der Waals surface area (Å²) in [7, 11) is 0. The first kappa shape index (κ1) is 22.6. The van der Waals surface area contributed by atoms with E-state index in [-0.39, 0.29) is 0 Å². The normalized spacial score (nSPS) is 14.8. The molecule has 0 spiro atoms. The first-order valence-electron chi connectivity index (χ1n) is 12.5. The molecule has 1 aliphatic carbocycles. The lowest BCUT2D eigenvalue weighted by Gasteiger charge is -2.17. The van der Waals surface area contributed by atoms with Gasteiger partial charge in [-0.3, -0.25) is 9.13 Å². The highest BCUT2D eigenvalue weighted by Gasteiger charge is 2.25. The van der Waals surface area contributed by atoms with Crippen LogP contribution in [0.4, 0.5) is 0 Å². The topological polar surface area (TPSA) is 70.3 Å². The summed E-state index contributed by atoms with van der Waals surface area (Å²) >= 11 is 0. The van der Waals surface area contributed by atoms with Gasteiger partial charge in [0.2, 0.25) is 0 Å². The second-order valence-corrected chi connectivity index (χ2v) is 9.50. The second kappa shape index (κ2) is 8.97. The smallest absolute Gasteiger partial charge is 0.140 e. The molecular formula is C32H25N5. The quantitative estimate of drug-likeness (QED) is 0.266. The van der Waals surface area contributed by atoms with Gasteiger partial charge in [-0.15, -0.1) is 0 Å². The number of nitriles is 2. The molecule has 0 saturated heterocycles. The Labute approximate surface area is 215 Å². The number of allylic oxidation sites excluding steroid dienone is 2. The first-order valence-corrected chi connectivity index (χ1v) is 12.5. The van der Waals surface area contributed by atoms with E-state index in [0.717, 1.165) is 51.3 Å². The summed E-state index contributed by atoms with van der Waals surface area (Å²) in [5, 5.41) is 20.7. The number of para-hydroxylation sites is 1. The monoisotopic (exact) mass is 479 g/mol. The van der Waals surface area contributed by atoms with Crippen molar-refractivity contribution >= 4 is 34.0 Å². The number of pyridine rings is 1. The van der Waals surface area contributed by atoms with Crippen LogP contribution in [-0.2, 0) is 0 Å². The molecule has 0 saturated carbocycles. The third kappa shape index (κ3) is 3.56. The second-order valence-electron chi connectivity index (χ2n) is 9.50. The molecule has 3 aromatic heterocycles. The molecule has 5 aromatic rings. The minimum absolute atomic E-state index is 0.361. The molecule has 6 rings (SSSR count). The molecule has 178 valence electrons. The van der Waals surface area contributed by atoms with Crippen LogP contribution in [0.2, 0.25) is 0 Å². The lowest BCUT2D eigenvalue weighted by molar-refractivity contribution is 0.762. The molecule has 0 N–H and O–H groups in total. The lowest BCUT2D eigenvalue weighted by atomic mass is 9.90. The predicted molar refractivity (Wildman–Crippen MR) is 149 cm³/mol. The molecule has 5 nitrogen and oxygen atoms in total. The van der Waals surface area contributed by atoms with Crippen molar-refractivity contribution in [3.05, 3.63) is 101 Å². The number of fused-ring (bicyclic) bond motifs is 4. The van der Waals surface area contributed by atoms with E-state index in [9.17, 15) is 5.26 Å². The van der Waals surface area contributed by atoms with Crippen LogP contribution in [0.25, 0.3) is 45.6 Å². The van der Waals surface area contributed by atoms with E-state index in [4.69, 9.17) is 10.2 Å². The van der Waals surface area contributed by atoms with Crippen LogP contribution in [0.15, 0.2) is 72.8 Å². The zero-order chi connectivity index (χ0) is 25.5. The third-order valence-electron chi connectivity index (χ3n) is 7.27. The molecule has 37 heavy (non-hydrogen) atoms. The largest absolute Gasteiger partial charge is 0.294 e. The van der Waals surface area contributed by atoms with Crippen molar-refractivity contribution in [3.63, 3.8) is 0 Å². The Morgan fingerprint density at radius 2 is 1.76 bits per heavy atom. The highest BCUT2D eigenvalue weighted by molar-refractivity contribution is 6.09. The van der Waals surface area contributed by atoms with Crippen molar-refractivity contribution in [1.29, 1.82) is 10.5 Å². The molecule has 1 atom stereocenters. The highest BCUT2D eigenvalue weighted by Crippen LogP contribution is 2.38. The van der Waals surface area contributed by atoms with E-state index in [1.165, 1.54) is 11.1 Å². The zero-order valence-electron chi connectivity index (χ0n) is 20.8. The minimum Gasteiger partial charge on any atom is -0.294 e. The zero-order valence-corrected chi connectivity index (χ0v) is 20.8. The molecule has 3 heterocycles. The van der Waals surface area contributed by atoms with E-state index in [2.05, 4.69) is 65.5 Å². The summed E-state index contributed by atoms with van der Waals surface area (Å²) in [6.07, 6.45) is 9.77. The van der Waals surface area contributed by atoms with Gasteiger partial charge in [0.25, 0.3) is 0 Å². The fraction of sp³-hybridized carbons (Fsp3) is 0.156. The molecule has 0 bridgehead atoms.